The Hall–Kier alpha value is -2.63. The molecule has 6 heteroatoms. The van der Waals surface area contributed by atoms with Crippen molar-refractivity contribution in [1.29, 1.82) is 0 Å². The molecule has 0 aliphatic rings. The topological polar surface area (TPSA) is 75.6 Å². The van der Waals surface area contributed by atoms with E-state index in [4.69, 9.17) is 0 Å². The number of nitrogens with one attached hydrogen (secondary N) is 2. The van der Waals surface area contributed by atoms with E-state index < -0.39 is 0 Å². The van der Waals surface area contributed by atoms with Gasteiger partial charge in [0.05, 0.1) is 11.6 Å². The van der Waals surface area contributed by atoms with Gasteiger partial charge in [-0.05, 0) is 19.9 Å². The van der Waals surface area contributed by atoms with Crippen molar-refractivity contribution >= 4 is 16.8 Å². The van der Waals surface area contributed by atoms with Crippen molar-refractivity contribution in [2.45, 2.75) is 19.9 Å². The summed E-state index contributed by atoms with van der Waals surface area (Å²) in [5.74, 6) is 1.19. The van der Waals surface area contributed by atoms with E-state index in [9.17, 15) is 4.79 Å². The number of hydrogen-bond donors (Lipinski definition) is 2. The van der Waals surface area contributed by atoms with Crippen molar-refractivity contribution in [3.8, 4) is 0 Å². The van der Waals surface area contributed by atoms with Gasteiger partial charge < -0.3 is 9.88 Å². The van der Waals surface area contributed by atoms with Gasteiger partial charge in [-0.3, -0.25) is 9.89 Å². The van der Waals surface area contributed by atoms with Crippen LogP contribution in [0.2, 0.25) is 0 Å². The van der Waals surface area contributed by atoms with E-state index in [0.29, 0.717) is 11.4 Å². The van der Waals surface area contributed by atoms with E-state index in [2.05, 4.69) is 20.5 Å². The maximum absolute atomic E-state index is 12.5. The summed E-state index contributed by atoms with van der Waals surface area (Å²) in [5.41, 5.74) is 1.69. The summed E-state index contributed by atoms with van der Waals surface area (Å²) in [7, 11) is 1.93. The summed E-state index contributed by atoms with van der Waals surface area (Å²) in [6.45, 7) is 3.70. The number of benzene rings is 1. The van der Waals surface area contributed by atoms with E-state index in [1.807, 2.05) is 55.9 Å². The minimum Gasteiger partial charge on any atom is -0.350 e. The zero-order valence-corrected chi connectivity index (χ0v) is 12.2. The van der Waals surface area contributed by atoms with Crippen molar-refractivity contribution in [2.75, 3.05) is 0 Å². The quantitative estimate of drug-likeness (QED) is 0.773. The van der Waals surface area contributed by atoms with Crippen LogP contribution in [-0.2, 0) is 7.05 Å². The van der Waals surface area contributed by atoms with Crippen LogP contribution in [0.15, 0.2) is 30.5 Å². The average Bonchev–Trinajstić information content (AvgIpc) is 3.04. The maximum atomic E-state index is 12.5. The minimum absolute atomic E-state index is 0.123. The number of aromatic amines is 1. The first-order chi connectivity index (χ1) is 10.1. The van der Waals surface area contributed by atoms with Crippen LogP contribution >= 0.6 is 0 Å². The molecule has 6 nitrogen and oxygen atoms in total. The fourth-order valence-electron chi connectivity index (χ4n) is 2.42. The summed E-state index contributed by atoms with van der Waals surface area (Å²) in [6, 6.07) is 7.59. The van der Waals surface area contributed by atoms with E-state index >= 15 is 0 Å². The standard InChI is InChI=1S/C15H17N5O/c1-9(14-17-10(2)18-19-14)16-15(21)12-8-20(3)13-7-5-4-6-11(12)13/h4-9H,1-3H3,(H,16,21)(H,17,18,19). The zero-order valence-electron chi connectivity index (χ0n) is 12.2. The Morgan fingerprint density at radius 1 is 1.38 bits per heavy atom. The van der Waals surface area contributed by atoms with Crippen LogP contribution in [0.1, 0.15) is 35.0 Å². The lowest BCUT2D eigenvalue weighted by atomic mass is 10.1. The SMILES string of the molecule is Cc1nc(C(C)NC(=O)c2cn(C)c3ccccc23)n[nH]1. The Balaban J connectivity index is 1.87. The van der Waals surface area contributed by atoms with Crippen molar-refractivity contribution < 1.29 is 4.79 Å². The Bertz CT molecular complexity index is 801. The zero-order chi connectivity index (χ0) is 15.0. The molecule has 1 atom stereocenters. The van der Waals surface area contributed by atoms with Gasteiger partial charge in [0.25, 0.3) is 5.91 Å². The molecule has 2 heterocycles. The van der Waals surface area contributed by atoms with Gasteiger partial charge in [0.15, 0.2) is 5.82 Å². The summed E-state index contributed by atoms with van der Waals surface area (Å²) < 4.78 is 1.95. The van der Waals surface area contributed by atoms with Crippen LogP contribution in [0.25, 0.3) is 10.9 Å². The Labute approximate surface area is 122 Å². The number of rotatable bonds is 3. The third-order valence-corrected chi connectivity index (χ3v) is 3.49. The van der Waals surface area contributed by atoms with E-state index in [1.54, 1.807) is 0 Å². The molecule has 3 rings (SSSR count). The van der Waals surface area contributed by atoms with Gasteiger partial charge in [-0.15, -0.1) is 0 Å². The number of carbonyl (C=O) groups is 1. The molecule has 2 N–H and O–H groups in total. The highest BCUT2D eigenvalue weighted by Crippen LogP contribution is 2.21. The molecule has 1 aromatic carbocycles. The Kier molecular flexibility index (Phi) is 3.21. The van der Waals surface area contributed by atoms with Crippen LogP contribution in [-0.4, -0.2) is 25.7 Å². The number of aryl methyl sites for hydroxylation is 2. The number of carbonyl (C=O) groups excluding carboxylic acids is 1. The predicted octanol–water partition coefficient (Wildman–Crippen LogP) is 2.10. The summed E-state index contributed by atoms with van der Waals surface area (Å²) in [6.07, 6.45) is 1.84. The molecule has 1 unspecified atom stereocenters. The highest BCUT2D eigenvalue weighted by molar-refractivity contribution is 6.07. The van der Waals surface area contributed by atoms with E-state index in [0.717, 1.165) is 16.7 Å². The van der Waals surface area contributed by atoms with E-state index in [-0.39, 0.29) is 11.9 Å². The third-order valence-electron chi connectivity index (χ3n) is 3.49. The van der Waals surface area contributed by atoms with Gasteiger partial charge in [-0.1, -0.05) is 18.2 Å². The van der Waals surface area contributed by atoms with E-state index in [1.165, 1.54) is 0 Å². The van der Waals surface area contributed by atoms with Crippen LogP contribution < -0.4 is 5.32 Å². The second-order valence-corrected chi connectivity index (χ2v) is 5.14. The number of fused-ring (bicyclic) bond motifs is 1. The summed E-state index contributed by atoms with van der Waals surface area (Å²) in [5, 5.41) is 10.7. The summed E-state index contributed by atoms with van der Waals surface area (Å²) in [4.78, 5) is 16.7. The molecule has 0 bridgehead atoms. The largest absolute Gasteiger partial charge is 0.350 e. The number of para-hydroxylation sites is 1. The summed E-state index contributed by atoms with van der Waals surface area (Å²) >= 11 is 0. The lowest BCUT2D eigenvalue weighted by Crippen LogP contribution is -2.27. The van der Waals surface area contributed by atoms with Crippen LogP contribution in [0.3, 0.4) is 0 Å². The van der Waals surface area contributed by atoms with Gasteiger partial charge in [-0.25, -0.2) is 4.98 Å². The first-order valence-electron chi connectivity index (χ1n) is 6.80. The molecule has 108 valence electrons. The lowest BCUT2D eigenvalue weighted by Gasteiger charge is -2.09. The normalized spacial score (nSPS) is 12.5. The second-order valence-electron chi connectivity index (χ2n) is 5.14. The van der Waals surface area contributed by atoms with Crippen molar-refractivity contribution in [3.05, 3.63) is 47.7 Å². The molecular formula is C15H17N5O. The van der Waals surface area contributed by atoms with Gasteiger partial charge in [0.1, 0.15) is 5.82 Å². The number of hydrogen-bond acceptors (Lipinski definition) is 3. The highest BCUT2D eigenvalue weighted by Gasteiger charge is 2.18. The molecule has 2 aromatic heterocycles. The first kappa shape index (κ1) is 13.4. The molecule has 3 aromatic rings. The molecule has 0 fully saturated rings. The fourth-order valence-corrected chi connectivity index (χ4v) is 2.42. The lowest BCUT2D eigenvalue weighted by molar-refractivity contribution is 0.0940. The van der Waals surface area contributed by atoms with Crippen molar-refractivity contribution in [1.82, 2.24) is 25.1 Å². The number of nitrogens with zero attached hydrogens (tertiary/aromatic N) is 3. The first-order valence-corrected chi connectivity index (χ1v) is 6.80. The molecule has 0 aliphatic carbocycles. The van der Waals surface area contributed by atoms with Gasteiger partial charge in [0.2, 0.25) is 0 Å². The van der Waals surface area contributed by atoms with Crippen LogP contribution in [0, 0.1) is 6.92 Å². The van der Waals surface area contributed by atoms with Crippen LogP contribution in [0.4, 0.5) is 0 Å². The van der Waals surface area contributed by atoms with Crippen molar-refractivity contribution in [2.24, 2.45) is 7.05 Å². The Morgan fingerprint density at radius 3 is 2.86 bits per heavy atom. The molecule has 0 spiro atoms. The van der Waals surface area contributed by atoms with Gasteiger partial charge in [0, 0.05) is 24.1 Å². The number of aromatic nitrogens is 4. The van der Waals surface area contributed by atoms with Crippen LogP contribution in [0.5, 0.6) is 0 Å². The molecular weight excluding hydrogens is 266 g/mol. The highest BCUT2D eigenvalue weighted by atomic mass is 16.1. The smallest absolute Gasteiger partial charge is 0.254 e. The second kappa shape index (κ2) is 5.05. The van der Waals surface area contributed by atoms with Gasteiger partial charge in [-0.2, -0.15) is 5.10 Å². The Morgan fingerprint density at radius 2 is 2.14 bits per heavy atom. The molecule has 21 heavy (non-hydrogen) atoms. The molecule has 0 saturated carbocycles. The third kappa shape index (κ3) is 2.40. The number of H-pyrrole nitrogens is 1. The predicted molar refractivity (Wildman–Crippen MR) is 79.9 cm³/mol. The molecule has 0 saturated heterocycles. The fraction of sp³-hybridized carbons (Fsp3) is 0.267. The molecule has 0 radical (unpaired) electrons. The van der Waals surface area contributed by atoms with Crippen molar-refractivity contribution in [3.63, 3.8) is 0 Å². The van der Waals surface area contributed by atoms with Gasteiger partial charge >= 0.3 is 0 Å². The molecule has 1 amide bonds. The monoisotopic (exact) mass is 283 g/mol. The number of amides is 1. The minimum atomic E-state index is -0.249. The molecule has 0 aliphatic heterocycles. The average molecular weight is 283 g/mol. The maximum Gasteiger partial charge on any atom is 0.254 e.